The molecule has 0 amide bonds. The lowest BCUT2D eigenvalue weighted by Gasteiger charge is -2.15. The van der Waals surface area contributed by atoms with Crippen LogP contribution in [-0.2, 0) is 0 Å². The predicted molar refractivity (Wildman–Crippen MR) is 78.6 cm³/mol. The molecule has 3 rings (SSSR count). The van der Waals surface area contributed by atoms with Crippen molar-refractivity contribution in [1.82, 2.24) is 4.98 Å². The summed E-state index contributed by atoms with van der Waals surface area (Å²) < 4.78 is 5.34. The summed E-state index contributed by atoms with van der Waals surface area (Å²) in [5.41, 5.74) is 9.98. The van der Waals surface area contributed by atoms with Gasteiger partial charge in [0.2, 0.25) is 0 Å². The zero-order valence-corrected chi connectivity index (χ0v) is 11.1. The van der Waals surface area contributed by atoms with Crippen LogP contribution in [0.4, 0.5) is 0 Å². The van der Waals surface area contributed by atoms with Gasteiger partial charge in [0.05, 0.1) is 0 Å². The van der Waals surface area contributed by atoms with E-state index >= 15 is 0 Å². The van der Waals surface area contributed by atoms with E-state index in [0.717, 1.165) is 16.7 Å². The van der Waals surface area contributed by atoms with Crippen LogP contribution in [0.3, 0.4) is 0 Å². The number of nitrogens with two attached hydrogens (primary N) is 1. The molecule has 0 radical (unpaired) electrons. The summed E-state index contributed by atoms with van der Waals surface area (Å²) >= 11 is 0. The quantitative estimate of drug-likeness (QED) is 0.797. The molecule has 1 unspecified atom stereocenters. The SMILES string of the molecule is Cl.NCC(c1ccccc1)c1ccc2ncoc2c1. The molecule has 0 aliphatic rings. The van der Waals surface area contributed by atoms with E-state index in [4.69, 9.17) is 10.2 Å². The van der Waals surface area contributed by atoms with Gasteiger partial charge < -0.3 is 10.2 Å². The fourth-order valence-electron chi connectivity index (χ4n) is 2.24. The Morgan fingerprint density at radius 1 is 1.05 bits per heavy atom. The minimum absolute atomic E-state index is 0. The van der Waals surface area contributed by atoms with Gasteiger partial charge in [0.1, 0.15) is 5.52 Å². The molecule has 0 saturated carbocycles. The lowest BCUT2D eigenvalue weighted by Crippen LogP contribution is -2.13. The molecule has 4 heteroatoms. The molecule has 3 nitrogen and oxygen atoms in total. The lowest BCUT2D eigenvalue weighted by atomic mass is 9.91. The van der Waals surface area contributed by atoms with Crippen molar-refractivity contribution >= 4 is 23.5 Å². The van der Waals surface area contributed by atoms with Crippen LogP contribution in [0.1, 0.15) is 17.0 Å². The van der Waals surface area contributed by atoms with Crippen molar-refractivity contribution in [2.24, 2.45) is 5.73 Å². The van der Waals surface area contributed by atoms with E-state index < -0.39 is 0 Å². The van der Waals surface area contributed by atoms with Crippen LogP contribution in [0.2, 0.25) is 0 Å². The van der Waals surface area contributed by atoms with Gasteiger partial charge in [-0.2, -0.15) is 0 Å². The van der Waals surface area contributed by atoms with Gasteiger partial charge in [-0.15, -0.1) is 12.4 Å². The van der Waals surface area contributed by atoms with E-state index in [0.29, 0.717) is 6.54 Å². The van der Waals surface area contributed by atoms with Crippen LogP contribution in [0.15, 0.2) is 59.3 Å². The number of hydrogen-bond donors (Lipinski definition) is 1. The highest BCUT2D eigenvalue weighted by Gasteiger charge is 2.13. The molecule has 0 aliphatic heterocycles. The summed E-state index contributed by atoms with van der Waals surface area (Å²) in [6.07, 6.45) is 1.47. The lowest BCUT2D eigenvalue weighted by molar-refractivity contribution is 0.601. The maximum absolute atomic E-state index is 5.91. The highest BCUT2D eigenvalue weighted by atomic mass is 35.5. The zero-order valence-electron chi connectivity index (χ0n) is 10.3. The Bertz CT molecular complexity index is 651. The standard InChI is InChI=1S/C15H14N2O.ClH/c16-9-13(11-4-2-1-3-5-11)12-6-7-14-15(8-12)18-10-17-14;/h1-8,10,13H,9,16H2;1H. The van der Waals surface area contributed by atoms with Gasteiger partial charge in [-0.3, -0.25) is 0 Å². The number of aromatic nitrogens is 1. The summed E-state index contributed by atoms with van der Waals surface area (Å²) in [7, 11) is 0. The van der Waals surface area contributed by atoms with E-state index in [1.807, 2.05) is 30.3 Å². The molecule has 0 fully saturated rings. The molecule has 0 aliphatic carbocycles. The predicted octanol–water partition coefficient (Wildman–Crippen LogP) is 3.34. The third-order valence-electron chi connectivity index (χ3n) is 3.20. The minimum Gasteiger partial charge on any atom is -0.443 e. The highest BCUT2D eigenvalue weighted by molar-refractivity contribution is 5.85. The van der Waals surface area contributed by atoms with Crippen molar-refractivity contribution in [3.8, 4) is 0 Å². The van der Waals surface area contributed by atoms with Gasteiger partial charge in [0.25, 0.3) is 0 Å². The smallest absolute Gasteiger partial charge is 0.181 e. The van der Waals surface area contributed by atoms with Crippen LogP contribution >= 0.6 is 12.4 Å². The van der Waals surface area contributed by atoms with Gasteiger partial charge in [0.15, 0.2) is 12.0 Å². The van der Waals surface area contributed by atoms with Crippen LogP contribution in [0, 0.1) is 0 Å². The maximum atomic E-state index is 5.91. The monoisotopic (exact) mass is 274 g/mol. The molecule has 1 heterocycles. The van der Waals surface area contributed by atoms with Crippen molar-refractivity contribution in [1.29, 1.82) is 0 Å². The van der Waals surface area contributed by atoms with Gasteiger partial charge >= 0.3 is 0 Å². The van der Waals surface area contributed by atoms with E-state index in [1.165, 1.54) is 12.0 Å². The number of nitrogens with zero attached hydrogens (tertiary/aromatic N) is 1. The first kappa shape index (κ1) is 13.6. The summed E-state index contributed by atoms with van der Waals surface area (Å²) in [6, 6.07) is 16.3. The Labute approximate surface area is 117 Å². The first-order valence-electron chi connectivity index (χ1n) is 5.96. The number of benzene rings is 2. The average molecular weight is 275 g/mol. The third kappa shape index (κ3) is 2.62. The normalized spacial score (nSPS) is 12.1. The van der Waals surface area contributed by atoms with Gasteiger partial charge in [-0.1, -0.05) is 36.4 Å². The van der Waals surface area contributed by atoms with Crippen molar-refractivity contribution in [3.63, 3.8) is 0 Å². The molecule has 19 heavy (non-hydrogen) atoms. The molecular weight excluding hydrogens is 260 g/mol. The largest absolute Gasteiger partial charge is 0.443 e. The highest BCUT2D eigenvalue weighted by Crippen LogP contribution is 2.26. The van der Waals surface area contributed by atoms with Crippen molar-refractivity contribution in [2.45, 2.75) is 5.92 Å². The third-order valence-corrected chi connectivity index (χ3v) is 3.20. The van der Waals surface area contributed by atoms with E-state index in [9.17, 15) is 0 Å². The molecular formula is C15H15ClN2O. The van der Waals surface area contributed by atoms with E-state index in [1.54, 1.807) is 0 Å². The van der Waals surface area contributed by atoms with E-state index in [-0.39, 0.29) is 18.3 Å². The second-order valence-corrected chi connectivity index (χ2v) is 4.28. The molecule has 98 valence electrons. The molecule has 2 aromatic carbocycles. The van der Waals surface area contributed by atoms with Crippen LogP contribution in [0.5, 0.6) is 0 Å². The molecule has 0 bridgehead atoms. The molecule has 2 N–H and O–H groups in total. The molecule has 0 saturated heterocycles. The van der Waals surface area contributed by atoms with Gasteiger partial charge in [-0.05, 0) is 23.3 Å². The molecule has 0 spiro atoms. The molecule has 1 atom stereocenters. The fraction of sp³-hybridized carbons (Fsp3) is 0.133. The topological polar surface area (TPSA) is 52.0 Å². The summed E-state index contributed by atoms with van der Waals surface area (Å²) in [6.45, 7) is 0.573. The Hall–Kier alpha value is -1.84. The summed E-state index contributed by atoms with van der Waals surface area (Å²) in [4.78, 5) is 4.12. The van der Waals surface area contributed by atoms with Crippen molar-refractivity contribution in [3.05, 3.63) is 66.1 Å². The van der Waals surface area contributed by atoms with Crippen molar-refractivity contribution in [2.75, 3.05) is 6.54 Å². The van der Waals surface area contributed by atoms with Gasteiger partial charge in [0, 0.05) is 12.5 Å². The van der Waals surface area contributed by atoms with Gasteiger partial charge in [-0.25, -0.2) is 4.98 Å². The summed E-state index contributed by atoms with van der Waals surface area (Å²) in [5, 5.41) is 0. The van der Waals surface area contributed by atoms with Crippen LogP contribution in [0.25, 0.3) is 11.1 Å². The fourth-order valence-corrected chi connectivity index (χ4v) is 2.24. The Morgan fingerprint density at radius 2 is 1.84 bits per heavy atom. The Balaban J connectivity index is 0.00000133. The minimum atomic E-state index is 0. The number of oxazole rings is 1. The van der Waals surface area contributed by atoms with Crippen molar-refractivity contribution < 1.29 is 4.42 Å². The number of fused-ring (bicyclic) bond motifs is 1. The number of hydrogen-bond acceptors (Lipinski definition) is 3. The second kappa shape index (κ2) is 5.87. The summed E-state index contributed by atoms with van der Waals surface area (Å²) in [5.74, 6) is 0.195. The van der Waals surface area contributed by atoms with E-state index in [2.05, 4.69) is 23.2 Å². The number of halogens is 1. The molecule has 3 aromatic rings. The zero-order chi connectivity index (χ0) is 12.4. The second-order valence-electron chi connectivity index (χ2n) is 4.28. The van der Waals surface area contributed by atoms with Crippen LogP contribution in [-0.4, -0.2) is 11.5 Å². The Morgan fingerprint density at radius 3 is 2.58 bits per heavy atom. The first-order valence-corrected chi connectivity index (χ1v) is 5.96. The van der Waals surface area contributed by atoms with Crippen LogP contribution < -0.4 is 5.73 Å². The molecule has 1 aromatic heterocycles. The number of rotatable bonds is 3. The first-order chi connectivity index (χ1) is 8.88. The maximum Gasteiger partial charge on any atom is 0.181 e. The average Bonchev–Trinajstić information content (AvgIpc) is 2.88. The Kier molecular flexibility index (Phi) is 4.20.